The zero-order valence-corrected chi connectivity index (χ0v) is 16.4. The van der Waals surface area contributed by atoms with E-state index in [4.69, 9.17) is 12.3 Å². The molecule has 9 heteroatoms. The molecule has 1 aromatic carbocycles. The average molecular weight is 400 g/mol. The summed E-state index contributed by atoms with van der Waals surface area (Å²) in [5.41, 5.74) is 10.6. The molecule has 3 N–H and O–H groups in total. The van der Waals surface area contributed by atoms with Crippen LogP contribution in [0.4, 0.5) is 5.82 Å². The van der Waals surface area contributed by atoms with E-state index in [-0.39, 0.29) is 12.4 Å². The minimum atomic E-state index is 0.0298. The molecule has 0 atom stereocenters. The highest BCUT2D eigenvalue weighted by atomic mass is 16.3. The zero-order valence-electron chi connectivity index (χ0n) is 16.4. The largest absolute Gasteiger partial charge is 0.396 e. The van der Waals surface area contributed by atoms with Gasteiger partial charge in [0.05, 0.1) is 5.39 Å². The SMILES string of the molecule is [C-]#[N+]/C(=C\c1c(-c2ccc(C)cc2)c2c(N)ncnc2n1CCCO)n1cncn1. The van der Waals surface area contributed by atoms with Crippen molar-refractivity contribution in [3.05, 3.63) is 65.9 Å². The molecule has 0 saturated carbocycles. The molecule has 0 fully saturated rings. The van der Waals surface area contributed by atoms with E-state index >= 15 is 0 Å². The molecule has 0 aliphatic carbocycles. The monoisotopic (exact) mass is 400 g/mol. The van der Waals surface area contributed by atoms with Crippen molar-refractivity contribution in [2.75, 3.05) is 12.3 Å². The molecule has 4 rings (SSSR count). The summed E-state index contributed by atoms with van der Waals surface area (Å²) in [7, 11) is 0. The number of nitrogens with two attached hydrogens (primary N) is 1. The van der Waals surface area contributed by atoms with Crippen LogP contribution in [0.5, 0.6) is 0 Å². The second-order valence-electron chi connectivity index (χ2n) is 6.77. The van der Waals surface area contributed by atoms with Gasteiger partial charge in [0.1, 0.15) is 17.8 Å². The van der Waals surface area contributed by atoms with Crippen LogP contribution in [0.25, 0.3) is 38.9 Å². The van der Waals surface area contributed by atoms with Gasteiger partial charge in [0.2, 0.25) is 0 Å². The zero-order chi connectivity index (χ0) is 21.1. The van der Waals surface area contributed by atoms with Crippen molar-refractivity contribution < 1.29 is 5.11 Å². The molecule has 0 spiro atoms. The van der Waals surface area contributed by atoms with Crippen molar-refractivity contribution in [1.29, 1.82) is 0 Å². The number of aryl methyl sites for hydroxylation is 2. The van der Waals surface area contributed by atoms with Crippen molar-refractivity contribution >= 4 is 28.7 Å². The van der Waals surface area contributed by atoms with Gasteiger partial charge in [-0.15, -0.1) is 0 Å². The van der Waals surface area contributed by atoms with Crippen molar-refractivity contribution in [1.82, 2.24) is 29.3 Å². The quantitative estimate of drug-likeness (QED) is 0.481. The van der Waals surface area contributed by atoms with Crippen LogP contribution in [0, 0.1) is 13.5 Å². The highest BCUT2D eigenvalue weighted by Gasteiger charge is 2.21. The maximum atomic E-state index is 9.42. The first kappa shape index (κ1) is 19.3. The van der Waals surface area contributed by atoms with Crippen molar-refractivity contribution in [3.63, 3.8) is 0 Å². The molecule has 3 aromatic heterocycles. The van der Waals surface area contributed by atoms with Gasteiger partial charge in [-0.1, -0.05) is 41.5 Å². The van der Waals surface area contributed by atoms with Crippen LogP contribution in [-0.2, 0) is 6.54 Å². The Kier molecular flexibility index (Phi) is 5.24. The fourth-order valence-electron chi connectivity index (χ4n) is 3.43. The molecule has 0 aliphatic heterocycles. The molecule has 0 radical (unpaired) electrons. The van der Waals surface area contributed by atoms with E-state index in [0.717, 1.165) is 22.4 Å². The van der Waals surface area contributed by atoms with E-state index < -0.39 is 0 Å². The standard InChI is InChI=1S/C21H20N8O/c1-14-4-6-15(7-5-14)18-16(10-17(23-2)29-13-24-11-27-29)28(8-3-9-30)21-19(18)20(22)25-12-26-21/h4-7,10-13,30H,3,8-9H2,1H3,(H2,22,25,26)/b17-10+. The number of anilines is 1. The fourth-order valence-corrected chi connectivity index (χ4v) is 3.43. The second kappa shape index (κ2) is 8.14. The number of nitrogen functional groups attached to an aromatic ring is 1. The first-order chi connectivity index (χ1) is 14.6. The Labute approximate surface area is 173 Å². The Morgan fingerprint density at radius 2 is 2.03 bits per heavy atom. The number of hydrogen-bond donors (Lipinski definition) is 2. The highest BCUT2D eigenvalue weighted by Crippen LogP contribution is 2.38. The summed E-state index contributed by atoms with van der Waals surface area (Å²) in [6.07, 6.45) is 6.55. The highest BCUT2D eigenvalue weighted by molar-refractivity contribution is 6.05. The Bertz CT molecular complexity index is 1250. The number of rotatable bonds is 6. The summed E-state index contributed by atoms with van der Waals surface area (Å²) in [4.78, 5) is 16.2. The third-order valence-electron chi connectivity index (χ3n) is 4.82. The van der Waals surface area contributed by atoms with Gasteiger partial charge in [-0.25, -0.2) is 9.97 Å². The molecular weight excluding hydrogens is 380 g/mol. The van der Waals surface area contributed by atoms with E-state index in [1.807, 2.05) is 35.8 Å². The van der Waals surface area contributed by atoms with E-state index in [1.165, 1.54) is 23.7 Å². The first-order valence-electron chi connectivity index (χ1n) is 9.38. The topological polar surface area (TPSA) is 112 Å². The van der Waals surface area contributed by atoms with E-state index in [2.05, 4.69) is 24.9 Å². The lowest BCUT2D eigenvalue weighted by molar-refractivity contribution is 0.280. The number of aliphatic hydroxyl groups excluding tert-OH is 1. The van der Waals surface area contributed by atoms with Crippen LogP contribution in [0.3, 0.4) is 0 Å². The molecule has 9 nitrogen and oxygen atoms in total. The number of nitrogens with zero attached hydrogens (tertiary/aromatic N) is 7. The van der Waals surface area contributed by atoms with Gasteiger partial charge in [0.15, 0.2) is 12.7 Å². The predicted molar refractivity (Wildman–Crippen MR) is 115 cm³/mol. The molecule has 0 aliphatic rings. The van der Waals surface area contributed by atoms with Crippen LogP contribution in [0.2, 0.25) is 0 Å². The van der Waals surface area contributed by atoms with Crippen LogP contribution in [0.15, 0.2) is 43.2 Å². The smallest absolute Gasteiger partial charge is 0.258 e. The molecule has 150 valence electrons. The molecular formula is C21H20N8O. The fraction of sp³-hybridized carbons (Fsp3) is 0.190. The van der Waals surface area contributed by atoms with E-state index in [1.54, 1.807) is 6.08 Å². The third-order valence-corrected chi connectivity index (χ3v) is 4.82. The summed E-state index contributed by atoms with van der Waals surface area (Å²) in [5.74, 6) is 0.638. The van der Waals surface area contributed by atoms with Crippen LogP contribution in [0.1, 0.15) is 17.7 Å². The maximum Gasteiger partial charge on any atom is 0.258 e. The van der Waals surface area contributed by atoms with Gasteiger partial charge in [-0.2, -0.15) is 9.67 Å². The number of hydrogen-bond acceptors (Lipinski definition) is 6. The van der Waals surface area contributed by atoms with Gasteiger partial charge in [-0.3, -0.25) is 0 Å². The first-order valence-corrected chi connectivity index (χ1v) is 9.38. The summed E-state index contributed by atoms with van der Waals surface area (Å²) in [6, 6.07) is 8.06. The third kappa shape index (κ3) is 3.40. The summed E-state index contributed by atoms with van der Waals surface area (Å²) in [6.45, 7) is 10.2. The van der Waals surface area contributed by atoms with Crippen LogP contribution in [-0.4, -0.2) is 41.0 Å². The minimum Gasteiger partial charge on any atom is -0.396 e. The molecule has 0 unspecified atom stereocenters. The van der Waals surface area contributed by atoms with Crippen molar-refractivity contribution in [2.45, 2.75) is 19.9 Å². The normalized spacial score (nSPS) is 11.7. The summed E-state index contributed by atoms with van der Waals surface area (Å²) in [5, 5.41) is 14.2. The minimum absolute atomic E-state index is 0.0298. The van der Waals surface area contributed by atoms with Gasteiger partial charge in [-0.05, 0) is 25.0 Å². The Hall–Kier alpha value is -4.03. The molecule has 30 heavy (non-hydrogen) atoms. The molecule has 0 saturated heterocycles. The lowest BCUT2D eigenvalue weighted by atomic mass is 10.0. The van der Waals surface area contributed by atoms with E-state index in [0.29, 0.717) is 29.8 Å². The van der Waals surface area contributed by atoms with Gasteiger partial charge in [0, 0.05) is 24.4 Å². The molecule has 3 heterocycles. The second-order valence-corrected chi connectivity index (χ2v) is 6.77. The van der Waals surface area contributed by atoms with E-state index in [9.17, 15) is 5.11 Å². The molecule has 0 bridgehead atoms. The Morgan fingerprint density at radius 1 is 1.23 bits per heavy atom. The molecule has 0 amide bonds. The summed E-state index contributed by atoms with van der Waals surface area (Å²) < 4.78 is 3.37. The number of fused-ring (bicyclic) bond motifs is 1. The number of benzene rings is 1. The number of aromatic nitrogens is 6. The predicted octanol–water partition coefficient (Wildman–Crippen LogP) is 2.84. The van der Waals surface area contributed by atoms with Crippen LogP contribution >= 0.6 is 0 Å². The Morgan fingerprint density at radius 3 is 2.70 bits per heavy atom. The maximum absolute atomic E-state index is 9.42. The Balaban J connectivity index is 2.08. The van der Waals surface area contributed by atoms with Gasteiger partial charge < -0.3 is 20.3 Å². The lowest BCUT2D eigenvalue weighted by Crippen LogP contribution is -2.05. The molecule has 4 aromatic rings. The van der Waals surface area contributed by atoms with Crippen molar-refractivity contribution in [2.24, 2.45) is 0 Å². The van der Waals surface area contributed by atoms with Gasteiger partial charge in [0.25, 0.3) is 5.82 Å². The van der Waals surface area contributed by atoms with Crippen molar-refractivity contribution in [3.8, 4) is 11.1 Å². The van der Waals surface area contributed by atoms with Crippen LogP contribution < -0.4 is 5.73 Å². The number of aliphatic hydroxyl groups is 1. The summed E-state index contributed by atoms with van der Waals surface area (Å²) >= 11 is 0. The lowest BCUT2D eigenvalue weighted by Gasteiger charge is -2.10. The average Bonchev–Trinajstić information content (AvgIpc) is 3.38. The van der Waals surface area contributed by atoms with Gasteiger partial charge >= 0.3 is 0 Å².